The second-order valence-corrected chi connectivity index (χ2v) is 3.77. The molecule has 0 amide bonds. The van der Waals surface area contributed by atoms with Gasteiger partial charge in [-0.15, -0.1) is 0 Å². The maximum atomic E-state index is 5.18. The zero-order valence-corrected chi connectivity index (χ0v) is 9.39. The maximum absolute atomic E-state index is 5.18. The number of hydrogen-bond donors (Lipinski definition) is 1. The van der Waals surface area contributed by atoms with Crippen LogP contribution in [0.4, 0.5) is 0 Å². The van der Waals surface area contributed by atoms with E-state index in [2.05, 4.69) is 18.5 Å². The Morgan fingerprint density at radius 1 is 1.58 bits per heavy atom. The van der Waals surface area contributed by atoms with Crippen LogP contribution in [0.3, 0.4) is 0 Å². The van der Waals surface area contributed by atoms with Crippen molar-refractivity contribution in [1.82, 2.24) is 5.32 Å². The summed E-state index contributed by atoms with van der Waals surface area (Å²) in [6, 6.07) is 0. The minimum Gasteiger partial charge on any atom is -0.471 e. The van der Waals surface area contributed by atoms with E-state index in [1.807, 2.05) is 11.8 Å². The van der Waals surface area contributed by atoms with Crippen molar-refractivity contribution in [2.75, 3.05) is 25.2 Å². The van der Waals surface area contributed by atoms with E-state index in [1.54, 1.807) is 0 Å². The Labute approximate surface area is 84.4 Å². The van der Waals surface area contributed by atoms with E-state index in [4.69, 9.17) is 17.0 Å². The molecule has 0 atom stereocenters. The first kappa shape index (κ1) is 12.0. The summed E-state index contributed by atoms with van der Waals surface area (Å²) in [5, 5.41) is 3.59. The lowest BCUT2D eigenvalue weighted by Crippen LogP contribution is -2.25. The smallest absolute Gasteiger partial charge is 0.256 e. The van der Waals surface area contributed by atoms with Gasteiger partial charge in [-0.05, 0) is 37.1 Å². The molecule has 0 saturated heterocycles. The van der Waals surface area contributed by atoms with Crippen LogP contribution in [0.15, 0.2) is 0 Å². The van der Waals surface area contributed by atoms with Crippen molar-refractivity contribution in [2.45, 2.75) is 19.8 Å². The lowest BCUT2D eigenvalue weighted by Gasteiger charge is -2.07. The Morgan fingerprint density at radius 3 is 2.92 bits per heavy atom. The molecule has 0 aromatic carbocycles. The van der Waals surface area contributed by atoms with Gasteiger partial charge >= 0.3 is 0 Å². The minimum atomic E-state index is 0.540. The average molecular weight is 207 g/mol. The van der Waals surface area contributed by atoms with Gasteiger partial charge in [0.1, 0.15) is 0 Å². The molecular weight excluding hydrogens is 190 g/mol. The fraction of sp³-hybridized carbons (Fsp3) is 0.875. The third kappa shape index (κ3) is 8.14. The molecule has 0 aliphatic rings. The van der Waals surface area contributed by atoms with E-state index in [1.165, 1.54) is 5.75 Å². The van der Waals surface area contributed by atoms with Crippen molar-refractivity contribution >= 4 is 29.2 Å². The largest absolute Gasteiger partial charge is 0.471 e. The van der Waals surface area contributed by atoms with Gasteiger partial charge in [-0.25, -0.2) is 0 Å². The second kappa shape index (κ2) is 9.13. The average Bonchev–Trinajstić information content (AvgIpc) is 2.09. The molecular formula is C8H17NOS2. The third-order valence-electron chi connectivity index (χ3n) is 1.23. The van der Waals surface area contributed by atoms with Gasteiger partial charge in [-0.2, -0.15) is 11.8 Å². The molecule has 0 aliphatic heterocycles. The van der Waals surface area contributed by atoms with Crippen molar-refractivity contribution in [3.63, 3.8) is 0 Å². The topological polar surface area (TPSA) is 21.3 Å². The van der Waals surface area contributed by atoms with Gasteiger partial charge in [0.15, 0.2) is 0 Å². The van der Waals surface area contributed by atoms with Crippen LogP contribution in [0.1, 0.15) is 19.8 Å². The second-order valence-electron chi connectivity index (χ2n) is 2.41. The first-order chi connectivity index (χ1) is 5.81. The van der Waals surface area contributed by atoms with Crippen molar-refractivity contribution in [2.24, 2.45) is 0 Å². The van der Waals surface area contributed by atoms with Gasteiger partial charge in [0.25, 0.3) is 5.17 Å². The number of thiocarbonyl (C=S) groups is 1. The van der Waals surface area contributed by atoms with Crippen LogP contribution in [-0.2, 0) is 4.74 Å². The molecule has 0 spiro atoms. The van der Waals surface area contributed by atoms with Gasteiger partial charge in [-0.1, -0.05) is 6.92 Å². The molecule has 0 aromatic heterocycles. The number of rotatable bonds is 6. The van der Waals surface area contributed by atoms with Crippen LogP contribution in [0.5, 0.6) is 0 Å². The Bertz CT molecular complexity index is 120. The van der Waals surface area contributed by atoms with E-state index in [-0.39, 0.29) is 0 Å². The fourth-order valence-corrected chi connectivity index (χ4v) is 1.27. The molecule has 12 heavy (non-hydrogen) atoms. The standard InChI is InChI=1S/C8H17NOS2/c1-3-6-10-8(11)9-5-4-7-12-2/h3-7H2,1-2H3,(H,9,11). The molecule has 0 aliphatic carbocycles. The molecule has 0 saturated carbocycles. The molecule has 0 aromatic rings. The zero-order chi connectivity index (χ0) is 9.23. The third-order valence-corrected chi connectivity index (χ3v) is 2.19. The summed E-state index contributed by atoms with van der Waals surface area (Å²) in [4.78, 5) is 0. The number of nitrogens with one attached hydrogen (secondary N) is 1. The molecule has 1 N–H and O–H groups in total. The van der Waals surface area contributed by atoms with Crippen molar-refractivity contribution in [3.05, 3.63) is 0 Å². The van der Waals surface area contributed by atoms with E-state index < -0.39 is 0 Å². The van der Waals surface area contributed by atoms with E-state index in [0.29, 0.717) is 11.8 Å². The Balaban J connectivity index is 3.08. The lowest BCUT2D eigenvalue weighted by molar-refractivity contribution is 0.298. The molecule has 0 bridgehead atoms. The first-order valence-corrected chi connectivity index (χ1v) is 6.01. The van der Waals surface area contributed by atoms with Crippen molar-refractivity contribution in [1.29, 1.82) is 0 Å². The van der Waals surface area contributed by atoms with Gasteiger partial charge < -0.3 is 10.1 Å². The van der Waals surface area contributed by atoms with Crippen molar-refractivity contribution in [3.8, 4) is 0 Å². The van der Waals surface area contributed by atoms with Crippen LogP contribution in [0.2, 0.25) is 0 Å². The minimum absolute atomic E-state index is 0.540. The molecule has 2 nitrogen and oxygen atoms in total. The number of hydrogen-bond acceptors (Lipinski definition) is 3. The Hall–Kier alpha value is 0.0400. The Morgan fingerprint density at radius 2 is 2.33 bits per heavy atom. The van der Waals surface area contributed by atoms with Crippen LogP contribution >= 0.6 is 24.0 Å². The molecule has 0 rings (SSSR count). The highest BCUT2D eigenvalue weighted by molar-refractivity contribution is 7.98. The normalized spacial score (nSPS) is 9.50. The monoisotopic (exact) mass is 207 g/mol. The molecule has 72 valence electrons. The SMILES string of the molecule is CCCOC(=S)NCCCSC. The van der Waals surface area contributed by atoms with Gasteiger partial charge in [0.05, 0.1) is 6.61 Å². The van der Waals surface area contributed by atoms with E-state index >= 15 is 0 Å². The lowest BCUT2D eigenvalue weighted by atomic mass is 10.5. The predicted molar refractivity (Wildman–Crippen MR) is 59.8 cm³/mol. The summed E-state index contributed by atoms with van der Waals surface area (Å²) in [6.07, 6.45) is 4.25. The van der Waals surface area contributed by atoms with Crippen molar-refractivity contribution < 1.29 is 4.74 Å². The predicted octanol–water partition coefficient (Wildman–Crippen LogP) is 2.04. The van der Waals surface area contributed by atoms with Crippen LogP contribution in [-0.4, -0.2) is 30.3 Å². The molecule has 0 radical (unpaired) electrons. The Kier molecular flexibility index (Phi) is 9.16. The van der Waals surface area contributed by atoms with E-state index in [9.17, 15) is 0 Å². The molecule has 0 heterocycles. The maximum Gasteiger partial charge on any atom is 0.256 e. The van der Waals surface area contributed by atoms with Crippen LogP contribution in [0, 0.1) is 0 Å². The highest BCUT2D eigenvalue weighted by atomic mass is 32.2. The summed E-state index contributed by atoms with van der Waals surface area (Å²) in [6.45, 7) is 3.70. The molecule has 4 heteroatoms. The van der Waals surface area contributed by atoms with E-state index in [0.717, 1.165) is 19.4 Å². The summed E-state index contributed by atoms with van der Waals surface area (Å²) in [5.41, 5.74) is 0. The van der Waals surface area contributed by atoms with Crippen LogP contribution in [0.25, 0.3) is 0 Å². The quantitative estimate of drug-likeness (QED) is 0.531. The number of ether oxygens (including phenoxy) is 1. The fourth-order valence-electron chi connectivity index (χ4n) is 0.653. The van der Waals surface area contributed by atoms with Gasteiger partial charge in [-0.3, -0.25) is 0 Å². The summed E-state index contributed by atoms with van der Waals surface area (Å²) < 4.78 is 5.18. The highest BCUT2D eigenvalue weighted by Crippen LogP contribution is 1.93. The summed E-state index contributed by atoms with van der Waals surface area (Å²) in [5.74, 6) is 1.17. The van der Waals surface area contributed by atoms with Gasteiger partial charge in [0, 0.05) is 6.54 Å². The number of thioether (sulfide) groups is 1. The first-order valence-electron chi connectivity index (χ1n) is 4.20. The highest BCUT2D eigenvalue weighted by Gasteiger charge is 1.93. The van der Waals surface area contributed by atoms with Crippen LogP contribution < -0.4 is 5.32 Å². The van der Waals surface area contributed by atoms with Gasteiger partial charge in [0.2, 0.25) is 0 Å². The zero-order valence-electron chi connectivity index (χ0n) is 7.76. The summed E-state index contributed by atoms with van der Waals surface area (Å²) in [7, 11) is 0. The summed E-state index contributed by atoms with van der Waals surface area (Å²) >= 11 is 6.78. The molecule has 0 unspecified atom stereocenters. The molecule has 0 fully saturated rings.